The normalized spacial score (nSPS) is 11.1. The van der Waals surface area contributed by atoms with Gasteiger partial charge in [-0.25, -0.2) is 0 Å². The topological polar surface area (TPSA) is 43.4 Å². The van der Waals surface area contributed by atoms with Gasteiger partial charge in [-0.15, -0.1) is 0 Å². The van der Waals surface area contributed by atoms with Crippen LogP contribution in [0.25, 0.3) is 0 Å². The largest absolute Gasteiger partial charge is 0.393 e. The number of hydrogen-bond donors (Lipinski definition) is 0. The number of benzene rings is 2. The zero-order valence-electron chi connectivity index (χ0n) is 18.2. The number of carbonyl (C=O) groups is 2. The Kier molecular flexibility index (Phi) is 9.11. The van der Waals surface area contributed by atoms with E-state index in [-0.39, 0.29) is 12.8 Å². The molecule has 0 heterocycles. The predicted molar refractivity (Wildman–Crippen MR) is 118 cm³/mol. The molecule has 0 aliphatic carbocycles. The first-order valence-corrected chi connectivity index (χ1v) is 10.7. The zero-order chi connectivity index (χ0) is 21.2. The molecule has 0 N–H and O–H groups in total. The van der Waals surface area contributed by atoms with Gasteiger partial charge in [-0.3, -0.25) is 9.59 Å². The highest BCUT2D eigenvalue weighted by atomic mass is 16.6. The van der Waals surface area contributed by atoms with Gasteiger partial charge in [-0.2, -0.15) is 0 Å². The first-order chi connectivity index (χ1) is 13.8. The van der Waals surface area contributed by atoms with Gasteiger partial charge >= 0.3 is 11.9 Å². The summed E-state index contributed by atoms with van der Waals surface area (Å²) in [5.41, 5.74) is 4.85. The van der Waals surface area contributed by atoms with Crippen molar-refractivity contribution in [2.24, 2.45) is 11.8 Å². The highest BCUT2D eigenvalue weighted by Crippen LogP contribution is 2.17. The van der Waals surface area contributed by atoms with E-state index in [2.05, 4.69) is 52.0 Å². The van der Waals surface area contributed by atoms with E-state index >= 15 is 0 Å². The Morgan fingerprint density at radius 1 is 0.655 bits per heavy atom. The van der Waals surface area contributed by atoms with Crippen LogP contribution < -0.4 is 0 Å². The Balaban J connectivity index is 1.83. The highest BCUT2D eigenvalue weighted by Gasteiger charge is 2.13. The van der Waals surface area contributed by atoms with Crippen LogP contribution in [0, 0.1) is 11.8 Å². The summed E-state index contributed by atoms with van der Waals surface area (Å²) in [4.78, 5) is 24.3. The first-order valence-electron chi connectivity index (χ1n) is 10.7. The molecule has 3 heteroatoms. The molecule has 0 bridgehead atoms. The molecule has 0 aromatic heterocycles. The number of rotatable bonds is 10. The second-order valence-corrected chi connectivity index (χ2v) is 8.58. The van der Waals surface area contributed by atoms with Gasteiger partial charge in [-0.05, 0) is 59.8 Å². The van der Waals surface area contributed by atoms with Crippen molar-refractivity contribution in [3.8, 4) is 0 Å². The van der Waals surface area contributed by atoms with Gasteiger partial charge in [0, 0.05) is 0 Å². The molecular formula is C26H34O3. The number of hydrogen-bond acceptors (Lipinski definition) is 3. The van der Waals surface area contributed by atoms with Crippen molar-refractivity contribution in [3.63, 3.8) is 0 Å². The number of ether oxygens (including phenoxy) is 1. The van der Waals surface area contributed by atoms with Gasteiger partial charge in [0.05, 0.1) is 12.8 Å². The van der Waals surface area contributed by atoms with Crippen LogP contribution in [0.1, 0.15) is 62.8 Å². The molecule has 156 valence electrons. The Morgan fingerprint density at radius 3 is 1.34 bits per heavy atom. The predicted octanol–water partition coefficient (Wildman–Crippen LogP) is 5.72. The average Bonchev–Trinajstić information content (AvgIpc) is 2.66. The fraction of sp³-hybridized carbons (Fsp3) is 0.462. The van der Waals surface area contributed by atoms with E-state index in [0.29, 0.717) is 24.7 Å². The van der Waals surface area contributed by atoms with E-state index < -0.39 is 11.9 Å². The summed E-state index contributed by atoms with van der Waals surface area (Å²) in [5, 5.41) is 0. The van der Waals surface area contributed by atoms with Crippen molar-refractivity contribution in [3.05, 3.63) is 70.8 Å². The van der Waals surface area contributed by atoms with Crippen LogP contribution in [0.2, 0.25) is 0 Å². The molecule has 2 rings (SSSR count). The molecule has 0 atom stereocenters. The van der Waals surface area contributed by atoms with Crippen LogP contribution in [-0.4, -0.2) is 11.9 Å². The molecule has 29 heavy (non-hydrogen) atoms. The van der Waals surface area contributed by atoms with E-state index in [1.807, 2.05) is 24.3 Å². The Labute approximate surface area is 175 Å². The summed E-state index contributed by atoms with van der Waals surface area (Å²) in [5.74, 6) is 0.237. The fourth-order valence-corrected chi connectivity index (χ4v) is 3.58. The molecule has 0 spiro atoms. The SMILES string of the molecule is CC(C)Cc1ccccc1CCC(=O)OC(=O)CCc1ccccc1CC(C)C. The minimum atomic E-state index is -0.440. The lowest BCUT2D eigenvalue weighted by Gasteiger charge is -2.12. The third-order valence-electron chi connectivity index (χ3n) is 4.92. The molecule has 2 aromatic rings. The average molecular weight is 395 g/mol. The lowest BCUT2D eigenvalue weighted by Crippen LogP contribution is -2.14. The Bertz CT molecular complexity index is 738. The summed E-state index contributed by atoms with van der Waals surface area (Å²) in [7, 11) is 0. The van der Waals surface area contributed by atoms with Crippen LogP contribution in [0.5, 0.6) is 0 Å². The quantitative estimate of drug-likeness (QED) is 0.382. The van der Waals surface area contributed by atoms with E-state index in [9.17, 15) is 9.59 Å². The molecule has 0 radical (unpaired) electrons. The number of carbonyl (C=O) groups excluding carboxylic acids is 2. The Hall–Kier alpha value is -2.42. The van der Waals surface area contributed by atoms with Crippen LogP contribution in [0.3, 0.4) is 0 Å². The van der Waals surface area contributed by atoms with E-state index in [4.69, 9.17) is 4.74 Å². The third-order valence-corrected chi connectivity index (χ3v) is 4.92. The van der Waals surface area contributed by atoms with Crippen LogP contribution >= 0.6 is 0 Å². The van der Waals surface area contributed by atoms with Crippen LogP contribution in [0.15, 0.2) is 48.5 Å². The molecular weight excluding hydrogens is 360 g/mol. The van der Waals surface area contributed by atoms with E-state index in [1.54, 1.807) is 0 Å². The van der Waals surface area contributed by atoms with Crippen molar-refractivity contribution in [1.29, 1.82) is 0 Å². The van der Waals surface area contributed by atoms with Gasteiger partial charge in [0.25, 0.3) is 0 Å². The summed E-state index contributed by atoms with van der Waals surface area (Å²) < 4.78 is 5.06. The lowest BCUT2D eigenvalue weighted by atomic mass is 9.95. The van der Waals surface area contributed by atoms with Crippen molar-refractivity contribution in [2.45, 2.75) is 66.2 Å². The maximum atomic E-state index is 12.1. The zero-order valence-corrected chi connectivity index (χ0v) is 18.2. The summed E-state index contributed by atoms with van der Waals surface area (Å²) in [6.07, 6.45) is 3.63. The third kappa shape index (κ3) is 8.23. The van der Waals surface area contributed by atoms with E-state index in [1.165, 1.54) is 11.1 Å². The van der Waals surface area contributed by atoms with Gasteiger partial charge in [0.15, 0.2) is 0 Å². The summed E-state index contributed by atoms with van der Waals surface area (Å²) in [6.45, 7) is 8.73. The molecule has 2 aromatic carbocycles. The van der Waals surface area contributed by atoms with Crippen molar-refractivity contribution in [2.75, 3.05) is 0 Å². The molecule has 3 nitrogen and oxygen atoms in total. The maximum Gasteiger partial charge on any atom is 0.313 e. The molecule has 0 aliphatic heterocycles. The lowest BCUT2D eigenvalue weighted by molar-refractivity contribution is -0.159. The summed E-state index contributed by atoms with van der Waals surface area (Å²) in [6, 6.07) is 16.4. The van der Waals surface area contributed by atoms with Crippen molar-refractivity contribution >= 4 is 11.9 Å². The smallest absolute Gasteiger partial charge is 0.313 e. The number of esters is 2. The minimum absolute atomic E-state index is 0.227. The van der Waals surface area contributed by atoms with Crippen LogP contribution in [-0.2, 0) is 40.0 Å². The maximum absolute atomic E-state index is 12.1. The minimum Gasteiger partial charge on any atom is -0.393 e. The monoisotopic (exact) mass is 394 g/mol. The first kappa shape index (κ1) is 22.9. The summed E-state index contributed by atoms with van der Waals surface area (Å²) >= 11 is 0. The molecule has 0 saturated heterocycles. The molecule has 0 amide bonds. The standard InChI is InChI=1S/C26H34O3/c1-19(2)17-23-11-7-5-9-21(23)13-15-25(27)29-26(28)16-14-22-10-6-8-12-24(22)18-20(3)4/h5-12,19-20H,13-18H2,1-4H3. The van der Waals surface area contributed by atoms with Crippen LogP contribution in [0.4, 0.5) is 0 Å². The second-order valence-electron chi connectivity index (χ2n) is 8.58. The van der Waals surface area contributed by atoms with Gasteiger partial charge in [0.1, 0.15) is 0 Å². The molecule has 0 aliphatic rings. The molecule has 0 fully saturated rings. The van der Waals surface area contributed by atoms with E-state index in [0.717, 1.165) is 24.0 Å². The van der Waals surface area contributed by atoms with Gasteiger partial charge in [-0.1, -0.05) is 76.2 Å². The van der Waals surface area contributed by atoms with Crippen molar-refractivity contribution in [1.82, 2.24) is 0 Å². The van der Waals surface area contributed by atoms with Gasteiger partial charge < -0.3 is 4.74 Å². The number of aryl methyl sites for hydroxylation is 2. The molecule has 0 unspecified atom stereocenters. The highest BCUT2D eigenvalue weighted by molar-refractivity contribution is 5.85. The van der Waals surface area contributed by atoms with Gasteiger partial charge in [0.2, 0.25) is 0 Å². The fourth-order valence-electron chi connectivity index (χ4n) is 3.58. The molecule has 0 saturated carbocycles. The van der Waals surface area contributed by atoms with Crippen molar-refractivity contribution < 1.29 is 14.3 Å². The second kappa shape index (κ2) is 11.5. The Morgan fingerprint density at radius 2 is 1.00 bits per heavy atom.